The van der Waals surface area contributed by atoms with Crippen LogP contribution in [0.1, 0.15) is 29.0 Å². The third kappa shape index (κ3) is 4.01. The molecule has 2 aromatic rings. The van der Waals surface area contributed by atoms with E-state index in [9.17, 15) is 8.42 Å². The Morgan fingerprint density at radius 2 is 2.00 bits per heavy atom. The molecule has 2 atom stereocenters. The first-order valence-electron chi connectivity index (χ1n) is 8.01. The summed E-state index contributed by atoms with van der Waals surface area (Å²) >= 11 is 1.71. The van der Waals surface area contributed by atoms with E-state index in [1.165, 1.54) is 20.9 Å². The first-order chi connectivity index (χ1) is 11.1. The highest BCUT2D eigenvalue weighted by Crippen LogP contribution is 2.19. The Labute approximate surface area is 142 Å². The molecule has 2 heterocycles. The molecule has 0 amide bonds. The number of hydrogen-bond acceptors (Lipinski definition) is 3. The van der Waals surface area contributed by atoms with Crippen LogP contribution in [0.25, 0.3) is 0 Å². The lowest BCUT2D eigenvalue weighted by molar-refractivity contribution is -0.945. The molecule has 1 aromatic carbocycles. The number of nitrogens with one attached hydrogen (secondary N) is 2. The molecule has 2 N–H and O–H groups in total. The van der Waals surface area contributed by atoms with Gasteiger partial charge in [-0.3, -0.25) is 0 Å². The molecule has 1 aliphatic heterocycles. The molecular weight excluding hydrogens is 328 g/mol. The maximum atomic E-state index is 11.8. The molecule has 0 bridgehead atoms. The maximum Gasteiger partial charge on any atom is 0.211 e. The number of hydrogen-bond donors (Lipinski definition) is 2. The third-order valence-electron chi connectivity index (χ3n) is 4.52. The smallest absolute Gasteiger partial charge is 0.211 e. The van der Waals surface area contributed by atoms with E-state index in [2.05, 4.69) is 40.4 Å². The van der Waals surface area contributed by atoms with E-state index < -0.39 is 10.0 Å². The minimum Gasteiger partial charge on any atom is -0.323 e. The minimum absolute atomic E-state index is 0.127. The van der Waals surface area contributed by atoms with Gasteiger partial charge in [0.15, 0.2) is 0 Å². The van der Waals surface area contributed by atoms with Crippen LogP contribution in [0.4, 0.5) is 0 Å². The summed E-state index contributed by atoms with van der Waals surface area (Å²) in [5, 5.41) is 2.06. The summed E-state index contributed by atoms with van der Waals surface area (Å²) < 4.78 is 26.5. The van der Waals surface area contributed by atoms with Gasteiger partial charge in [0.2, 0.25) is 10.0 Å². The Kier molecular flexibility index (Phi) is 5.16. The summed E-state index contributed by atoms with van der Waals surface area (Å²) in [4.78, 5) is 2.68. The molecule has 1 unspecified atom stereocenters. The molecule has 1 aliphatic rings. The number of quaternary nitrogens is 1. The molecule has 0 saturated carbocycles. The fourth-order valence-electron chi connectivity index (χ4n) is 3.15. The molecule has 0 radical (unpaired) electrons. The molecule has 6 heteroatoms. The molecule has 4 nitrogen and oxygen atoms in total. The highest BCUT2D eigenvalue weighted by molar-refractivity contribution is 7.89. The zero-order valence-electron chi connectivity index (χ0n) is 13.3. The Balaban J connectivity index is 1.79. The second kappa shape index (κ2) is 7.13. The van der Waals surface area contributed by atoms with Gasteiger partial charge in [-0.05, 0) is 23.9 Å². The first kappa shape index (κ1) is 16.6. The summed E-state index contributed by atoms with van der Waals surface area (Å²) in [6.45, 7) is 4.13. The standard InChI is InChI=1S/C17H22N2O2S2/c1-2-23(20,21)18-12-16(17-8-5-11-22-17)19-10-9-14-6-3-4-7-15(14)13-19/h3-8,11,16,18H,2,9-10,12-13H2,1H3/p+1/t16-/m1/s1. The summed E-state index contributed by atoms with van der Waals surface area (Å²) in [5.41, 5.74) is 2.81. The molecule has 124 valence electrons. The third-order valence-corrected chi connectivity index (χ3v) is 6.87. The van der Waals surface area contributed by atoms with Crippen LogP contribution in [0.15, 0.2) is 41.8 Å². The Morgan fingerprint density at radius 3 is 2.70 bits per heavy atom. The molecule has 23 heavy (non-hydrogen) atoms. The zero-order valence-corrected chi connectivity index (χ0v) is 14.9. The van der Waals surface area contributed by atoms with Gasteiger partial charge in [-0.1, -0.05) is 30.3 Å². The van der Waals surface area contributed by atoms with Gasteiger partial charge in [-0.25, -0.2) is 13.1 Å². The van der Waals surface area contributed by atoms with E-state index in [-0.39, 0.29) is 11.8 Å². The maximum absolute atomic E-state index is 11.8. The van der Waals surface area contributed by atoms with E-state index in [4.69, 9.17) is 0 Å². The highest BCUT2D eigenvalue weighted by atomic mass is 32.2. The van der Waals surface area contributed by atoms with Crippen LogP contribution in [0.5, 0.6) is 0 Å². The normalized spacial score (nSPS) is 19.3. The highest BCUT2D eigenvalue weighted by Gasteiger charge is 2.29. The predicted octanol–water partition coefficient (Wildman–Crippen LogP) is 1.37. The van der Waals surface area contributed by atoms with Crippen LogP contribution in [0, 0.1) is 0 Å². The van der Waals surface area contributed by atoms with Crippen molar-refractivity contribution in [1.29, 1.82) is 0 Å². The van der Waals surface area contributed by atoms with E-state index >= 15 is 0 Å². The van der Waals surface area contributed by atoms with Gasteiger partial charge in [0.25, 0.3) is 0 Å². The number of thiophene rings is 1. The second-order valence-electron chi connectivity index (χ2n) is 5.92. The summed E-state index contributed by atoms with van der Waals surface area (Å²) in [7, 11) is -3.16. The van der Waals surface area contributed by atoms with Crippen molar-refractivity contribution < 1.29 is 13.3 Å². The lowest BCUT2D eigenvalue weighted by Crippen LogP contribution is -3.12. The minimum atomic E-state index is -3.16. The monoisotopic (exact) mass is 351 g/mol. The summed E-state index contributed by atoms with van der Waals surface area (Å²) in [6, 6.07) is 12.9. The van der Waals surface area contributed by atoms with Gasteiger partial charge in [-0.15, -0.1) is 11.3 Å². The molecule has 0 fully saturated rings. The van der Waals surface area contributed by atoms with Gasteiger partial charge < -0.3 is 4.90 Å². The van der Waals surface area contributed by atoms with Crippen molar-refractivity contribution in [3.05, 3.63) is 57.8 Å². The summed E-state index contributed by atoms with van der Waals surface area (Å²) in [5.74, 6) is 0.127. The van der Waals surface area contributed by atoms with Crippen molar-refractivity contribution >= 4 is 21.4 Å². The Hall–Kier alpha value is -1.21. The van der Waals surface area contributed by atoms with Crippen LogP contribution in [0.3, 0.4) is 0 Å². The number of fused-ring (bicyclic) bond motifs is 1. The zero-order chi connectivity index (χ0) is 16.3. The Bertz CT molecular complexity index is 742. The van der Waals surface area contributed by atoms with E-state index in [0.29, 0.717) is 6.54 Å². The van der Waals surface area contributed by atoms with E-state index in [0.717, 1.165) is 19.5 Å². The molecular formula is C17H23N2O2S2+. The fraction of sp³-hybridized carbons (Fsp3) is 0.412. The molecule has 3 rings (SSSR count). The molecule has 0 saturated heterocycles. The van der Waals surface area contributed by atoms with Gasteiger partial charge >= 0.3 is 0 Å². The van der Waals surface area contributed by atoms with E-state index in [1.54, 1.807) is 18.3 Å². The summed E-state index contributed by atoms with van der Waals surface area (Å²) in [6.07, 6.45) is 1.05. The fourth-order valence-corrected chi connectivity index (χ4v) is 4.66. The van der Waals surface area contributed by atoms with Crippen molar-refractivity contribution in [3.8, 4) is 0 Å². The van der Waals surface area contributed by atoms with Gasteiger partial charge in [-0.2, -0.15) is 0 Å². The van der Waals surface area contributed by atoms with Crippen molar-refractivity contribution in [1.82, 2.24) is 4.72 Å². The van der Waals surface area contributed by atoms with Crippen molar-refractivity contribution in [3.63, 3.8) is 0 Å². The number of sulfonamides is 1. The largest absolute Gasteiger partial charge is 0.323 e. The van der Waals surface area contributed by atoms with Gasteiger partial charge in [0.05, 0.1) is 23.7 Å². The lowest BCUT2D eigenvalue weighted by atomic mass is 9.98. The van der Waals surface area contributed by atoms with Crippen LogP contribution in [0.2, 0.25) is 0 Å². The lowest BCUT2D eigenvalue weighted by Gasteiger charge is -2.32. The number of rotatable bonds is 6. The molecule has 0 spiro atoms. The van der Waals surface area contributed by atoms with Gasteiger partial charge in [0, 0.05) is 12.0 Å². The van der Waals surface area contributed by atoms with Crippen molar-refractivity contribution in [2.75, 3.05) is 18.8 Å². The SMILES string of the molecule is CCS(=O)(=O)NC[C@H](c1cccs1)[NH+]1CCc2ccccc2C1. The van der Waals surface area contributed by atoms with E-state index in [1.807, 2.05) is 6.07 Å². The predicted molar refractivity (Wildman–Crippen MR) is 94.2 cm³/mol. The van der Waals surface area contributed by atoms with Crippen molar-refractivity contribution in [2.24, 2.45) is 0 Å². The topological polar surface area (TPSA) is 50.6 Å². The average Bonchev–Trinajstić information content (AvgIpc) is 3.09. The average molecular weight is 352 g/mol. The van der Waals surface area contributed by atoms with Crippen LogP contribution >= 0.6 is 11.3 Å². The quantitative estimate of drug-likeness (QED) is 0.826. The van der Waals surface area contributed by atoms with Crippen LogP contribution in [-0.2, 0) is 23.0 Å². The molecule has 0 aliphatic carbocycles. The first-order valence-corrected chi connectivity index (χ1v) is 10.5. The van der Waals surface area contributed by atoms with Crippen LogP contribution in [-0.4, -0.2) is 27.3 Å². The second-order valence-corrected chi connectivity index (χ2v) is 9.00. The molecule has 1 aromatic heterocycles. The van der Waals surface area contributed by atoms with Crippen molar-refractivity contribution in [2.45, 2.75) is 25.9 Å². The van der Waals surface area contributed by atoms with Gasteiger partial charge in [0.1, 0.15) is 12.6 Å². The Morgan fingerprint density at radius 1 is 1.22 bits per heavy atom. The van der Waals surface area contributed by atoms with Crippen LogP contribution < -0.4 is 9.62 Å². The number of benzene rings is 1.